The summed E-state index contributed by atoms with van der Waals surface area (Å²) in [5.41, 5.74) is 7.13. The normalized spacial score (nSPS) is 24.2. The van der Waals surface area contributed by atoms with Crippen molar-refractivity contribution in [3.8, 4) is 5.75 Å². The molecule has 0 amide bonds. The van der Waals surface area contributed by atoms with Crippen LogP contribution in [0.3, 0.4) is 0 Å². The summed E-state index contributed by atoms with van der Waals surface area (Å²) in [5, 5.41) is 0. The van der Waals surface area contributed by atoms with Crippen LogP contribution in [0.2, 0.25) is 0 Å². The Kier molecular flexibility index (Phi) is 3.51. The maximum absolute atomic E-state index is 12.1. The molecule has 3 nitrogen and oxygen atoms in total. The van der Waals surface area contributed by atoms with E-state index in [9.17, 15) is 13.2 Å². The van der Waals surface area contributed by atoms with Crippen LogP contribution in [0.4, 0.5) is 18.9 Å². The zero-order valence-corrected chi connectivity index (χ0v) is 11.7. The number of halogens is 3. The average molecular weight is 300 g/mol. The molecular formula is C15H19F3N2O. The van der Waals surface area contributed by atoms with Crippen molar-refractivity contribution in [1.82, 2.24) is 0 Å². The van der Waals surface area contributed by atoms with E-state index in [1.54, 1.807) is 12.1 Å². The van der Waals surface area contributed by atoms with E-state index in [2.05, 4.69) is 9.64 Å². The molecule has 0 bridgehead atoms. The van der Waals surface area contributed by atoms with E-state index < -0.39 is 6.36 Å². The van der Waals surface area contributed by atoms with E-state index in [4.69, 9.17) is 5.73 Å². The number of hydrogen-bond donors (Lipinski definition) is 1. The Labute approximate surface area is 121 Å². The van der Waals surface area contributed by atoms with Gasteiger partial charge < -0.3 is 15.4 Å². The van der Waals surface area contributed by atoms with E-state index in [-0.39, 0.29) is 5.75 Å². The van der Waals surface area contributed by atoms with Crippen molar-refractivity contribution in [2.45, 2.75) is 25.6 Å². The minimum Gasteiger partial charge on any atom is -0.406 e. The summed E-state index contributed by atoms with van der Waals surface area (Å²) in [4.78, 5) is 2.22. The number of anilines is 1. The van der Waals surface area contributed by atoms with Crippen molar-refractivity contribution in [3.05, 3.63) is 24.3 Å². The topological polar surface area (TPSA) is 38.5 Å². The third-order valence-electron chi connectivity index (χ3n) is 4.84. The molecule has 116 valence electrons. The summed E-state index contributed by atoms with van der Waals surface area (Å²) < 4.78 is 40.2. The number of alkyl halides is 3. The zero-order chi connectivity index (χ0) is 15.1. The Bertz CT molecular complexity index is 493. The quantitative estimate of drug-likeness (QED) is 0.932. The smallest absolute Gasteiger partial charge is 0.406 e. The average Bonchev–Trinajstić information content (AvgIpc) is 3.12. The first-order valence-electron chi connectivity index (χ1n) is 7.23. The van der Waals surface area contributed by atoms with Crippen molar-refractivity contribution >= 4 is 5.69 Å². The van der Waals surface area contributed by atoms with E-state index >= 15 is 0 Å². The number of ether oxygens (including phenoxy) is 1. The number of nitrogens with two attached hydrogens (primary N) is 1. The molecule has 2 fully saturated rings. The molecule has 1 spiro atoms. The summed E-state index contributed by atoms with van der Waals surface area (Å²) in [6, 6.07) is 6.11. The molecule has 1 aromatic carbocycles. The van der Waals surface area contributed by atoms with Crippen LogP contribution in [0, 0.1) is 11.3 Å². The summed E-state index contributed by atoms with van der Waals surface area (Å²) >= 11 is 0. The van der Waals surface area contributed by atoms with Gasteiger partial charge >= 0.3 is 6.36 Å². The summed E-state index contributed by atoms with van der Waals surface area (Å²) in [6.45, 7) is 2.65. The first-order chi connectivity index (χ1) is 9.92. The van der Waals surface area contributed by atoms with Crippen LogP contribution in [-0.2, 0) is 0 Å². The summed E-state index contributed by atoms with van der Waals surface area (Å²) in [6.07, 6.45) is -1.16. The fourth-order valence-electron chi connectivity index (χ4n) is 3.45. The highest BCUT2D eigenvalue weighted by Crippen LogP contribution is 2.58. The lowest BCUT2D eigenvalue weighted by molar-refractivity contribution is -0.274. The van der Waals surface area contributed by atoms with E-state index in [0.29, 0.717) is 11.3 Å². The predicted molar refractivity (Wildman–Crippen MR) is 74.2 cm³/mol. The molecule has 1 heterocycles. The Hall–Kier alpha value is -1.43. The van der Waals surface area contributed by atoms with Crippen LogP contribution in [0.15, 0.2) is 24.3 Å². The molecule has 1 unspecified atom stereocenters. The lowest BCUT2D eigenvalue weighted by atomic mass is 9.90. The van der Waals surface area contributed by atoms with Crippen LogP contribution in [-0.4, -0.2) is 26.0 Å². The Morgan fingerprint density at radius 1 is 1.19 bits per heavy atom. The van der Waals surface area contributed by atoms with Crippen LogP contribution in [0.5, 0.6) is 5.75 Å². The Balaban J connectivity index is 1.59. The molecule has 2 N–H and O–H groups in total. The predicted octanol–water partition coefficient (Wildman–Crippen LogP) is 3.15. The van der Waals surface area contributed by atoms with E-state index in [1.807, 2.05) is 0 Å². The highest BCUT2D eigenvalue weighted by Gasteiger charge is 2.53. The molecule has 1 saturated heterocycles. The Morgan fingerprint density at radius 3 is 2.29 bits per heavy atom. The van der Waals surface area contributed by atoms with Gasteiger partial charge in [0.25, 0.3) is 0 Å². The van der Waals surface area contributed by atoms with Gasteiger partial charge in [-0.2, -0.15) is 0 Å². The SMILES string of the molecule is NCC1CC12CCN(c1ccc(OC(F)(F)F)cc1)CC2. The second-order valence-corrected chi connectivity index (χ2v) is 6.03. The number of benzene rings is 1. The molecule has 1 aromatic rings. The molecule has 1 saturated carbocycles. The molecular weight excluding hydrogens is 281 g/mol. The largest absolute Gasteiger partial charge is 0.573 e. The fraction of sp³-hybridized carbons (Fsp3) is 0.600. The molecule has 0 aromatic heterocycles. The second kappa shape index (κ2) is 5.09. The highest BCUT2D eigenvalue weighted by molar-refractivity contribution is 5.49. The zero-order valence-electron chi connectivity index (χ0n) is 11.7. The van der Waals surface area contributed by atoms with Crippen molar-refractivity contribution in [3.63, 3.8) is 0 Å². The highest BCUT2D eigenvalue weighted by atomic mass is 19.4. The van der Waals surface area contributed by atoms with Gasteiger partial charge in [0.2, 0.25) is 0 Å². The molecule has 2 aliphatic rings. The van der Waals surface area contributed by atoms with Crippen LogP contribution < -0.4 is 15.4 Å². The van der Waals surface area contributed by atoms with Gasteiger partial charge in [-0.05, 0) is 61.4 Å². The van der Waals surface area contributed by atoms with Crippen LogP contribution in [0.25, 0.3) is 0 Å². The number of nitrogens with zero attached hydrogens (tertiary/aromatic N) is 1. The van der Waals surface area contributed by atoms with Gasteiger partial charge in [-0.1, -0.05) is 0 Å². The number of rotatable bonds is 3. The Morgan fingerprint density at radius 2 is 1.81 bits per heavy atom. The molecule has 21 heavy (non-hydrogen) atoms. The maximum Gasteiger partial charge on any atom is 0.573 e. The van der Waals surface area contributed by atoms with Crippen LogP contribution in [0.1, 0.15) is 19.3 Å². The van der Waals surface area contributed by atoms with Gasteiger partial charge in [0, 0.05) is 18.8 Å². The van der Waals surface area contributed by atoms with Crippen molar-refractivity contribution in [1.29, 1.82) is 0 Å². The van der Waals surface area contributed by atoms with E-state index in [1.165, 1.54) is 18.6 Å². The van der Waals surface area contributed by atoms with Gasteiger partial charge in [0.1, 0.15) is 5.75 Å². The summed E-state index contributed by atoms with van der Waals surface area (Å²) in [5.74, 6) is 0.493. The van der Waals surface area contributed by atoms with Crippen LogP contribution >= 0.6 is 0 Å². The minimum atomic E-state index is -4.64. The third-order valence-corrected chi connectivity index (χ3v) is 4.84. The molecule has 3 rings (SSSR count). The van der Waals surface area contributed by atoms with Gasteiger partial charge in [-0.3, -0.25) is 0 Å². The second-order valence-electron chi connectivity index (χ2n) is 6.03. The minimum absolute atomic E-state index is 0.176. The maximum atomic E-state index is 12.1. The van der Waals surface area contributed by atoms with Crippen molar-refractivity contribution < 1.29 is 17.9 Å². The van der Waals surface area contributed by atoms with Crippen molar-refractivity contribution in [2.75, 3.05) is 24.5 Å². The van der Waals surface area contributed by atoms with E-state index in [0.717, 1.165) is 38.2 Å². The molecule has 0 radical (unpaired) electrons. The number of piperidine rings is 1. The lowest BCUT2D eigenvalue weighted by Crippen LogP contribution is -2.35. The van der Waals surface area contributed by atoms with Gasteiger partial charge in [-0.25, -0.2) is 0 Å². The monoisotopic (exact) mass is 300 g/mol. The molecule has 6 heteroatoms. The molecule has 1 aliphatic carbocycles. The summed E-state index contributed by atoms with van der Waals surface area (Å²) in [7, 11) is 0. The third kappa shape index (κ3) is 3.10. The van der Waals surface area contributed by atoms with Gasteiger partial charge in [0.05, 0.1) is 0 Å². The van der Waals surface area contributed by atoms with Gasteiger partial charge in [0.15, 0.2) is 0 Å². The molecule has 1 atom stereocenters. The standard InChI is InChI=1S/C15H19F3N2O/c16-15(17,18)21-13-3-1-12(2-4-13)20-7-5-14(6-8-20)9-11(14)10-19/h1-4,11H,5-10,19H2. The first-order valence-corrected chi connectivity index (χ1v) is 7.23. The first kappa shape index (κ1) is 14.5. The number of hydrogen-bond acceptors (Lipinski definition) is 3. The van der Waals surface area contributed by atoms with Gasteiger partial charge in [-0.15, -0.1) is 13.2 Å². The van der Waals surface area contributed by atoms with Crippen molar-refractivity contribution in [2.24, 2.45) is 17.1 Å². The lowest BCUT2D eigenvalue weighted by Gasteiger charge is -2.34. The fourth-order valence-corrected chi connectivity index (χ4v) is 3.45. The molecule has 1 aliphatic heterocycles.